The molecule has 0 aromatic rings. The summed E-state index contributed by atoms with van der Waals surface area (Å²) in [5.74, 6) is 2.76. The SMILES string of the molecule is C#CCN=C(N)NC1CCN(C(=O)OCC)CC1.I. The summed E-state index contributed by atoms with van der Waals surface area (Å²) in [6, 6.07) is 0.234. The fourth-order valence-corrected chi connectivity index (χ4v) is 1.81. The average Bonchev–Trinajstić information content (AvgIpc) is 2.37. The first-order valence-electron chi connectivity index (χ1n) is 6.09. The van der Waals surface area contributed by atoms with Crippen LogP contribution in [-0.4, -0.2) is 49.2 Å². The van der Waals surface area contributed by atoms with Crippen LogP contribution in [0.1, 0.15) is 19.8 Å². The lowest BCUT2D eigenvalue weighted by Gasteiger charge is -2.31. The van der Waals surface area contributed by atoms with Crippen LogP contribution in [0.4, 0.5) is 4.79 Å². The number of ether oxygens (including phenoxy) is 1. The maximum Gasteiger partial charge on any atom is 0.409 e. The zero-order chi connectivity index (χ0) is 13.4. The van der Waals surface area contributed by atoms with Crippen molar-refractivity contribution in [2.45, 2.75) is 25.8 Å². The van der Waals surface area contributed by atoms with E-state index >= 15 is 0 Å². The predicted octanol–water partition coefficient (Wildman–Crippen LogP) is 0.763. The molecule has 0 aromatic heterocycles. The number of terminal acetylenes is 1. The summed E-state index contributed by atoms with van der Waals surface area (Å²) < 4.78 is 4.95. The molecular formula is C12H21IN4O2. The highest BCUT2D eigenvalue weighted by molar-refractivity contribution is 14.0. The third-order valence-electron chi connectivity index (χ3n) is 2.71. The first-order chi connectivity index (χ1) is 8.67. The van der Waals surface area contributed by atoms with Gasteiger partial charge in [0.15, 0.2) is 5.96 Å². The van der Waals surface area contributed by atoms with Crippen LogP contribution in [0.3, 0.4) is 0 Å². The number of nitrogens with one attached hydrogen (secondary N) is 1. The largest absolute Gasteiger partial charge is 0.450 e. The minimum absolute atomic E-state index is 0. The summed E-state index contributed by atoms with van der Waals surface area (Å²) in [5, 5.41) is 3.10. The van der Waals surface area contributed by atoms with E-state index in [-0.39, 0.29) is 42.7 Å². The van der Waals surface area contributed by atoms with Crippen molar-refractivity contribution >= 4 is 36.0 Å². The number of carbonyl (C=O) groups excluding carboxylic acids is 1. The smallest absolute Gasteiger partial charge is 0.409 e. The third kappa shape index (κ3) is 6.52. The highest BCUT2D eigenvalue weighted by Gasteiger charge is 2.23. The topological polar surface area (TPSA) is 80.0 Å². The highest BCUT2D eigenvalue weighted by atomic mass is 127. The minimum Gasteiger partial charge on any atom is -0.450 e. The van der Waals surface area contributed by atoms with Gasteiger partial charge >= 0.3 is 6.09 Å². The van der Waals surface area contributed by atoms with Crippen molar-refractivity contribution in [2.75, 3.05) is 26.2 Å². The summed E-state index contributed by atoms with van der Waals surface area (Å²) in [7, 11) is 0. The minimum atomic E-state index is -0.245. The molecule has 6 nitrogen and oxygen atoms in total. The van der Waals surface area contributed by atoms with E-state index in [4.69, 9.17) is 16.9 Å². The molecule has 19 heavy (non-hydrogen) atoms. The molecule has 1 saturated heterocycles. The summed E-state index contributed by atoms with van der Waals surface area (Å²) in [5.41, 5.74) is 5.67. The first-order valence-corrected chi connectivity index (χ1v) is 6.09. The lowest BCUT2D eigenvalue weighted by molar-refractivity contribution is 0.0963. The van der Waals surface area contributed by atoms with Crippen molar-refractivity contribution in [1.29, 1.82) is 0 Å². The Balaban J connectivity index is 0.00000324. The molecule has 108 valence electrons. The monoisotopic (exact) mass is 380 g/mol. The molecule has 0 unspecified atom stereocenters. The second kappa shape index (κ2) is 9.72. The van der Waals surface area contributed by atoms with Gasteiger partial charge in [0.2, 0.25) is 0 Å². The molecule has 0 bridgehead atoms. The van der Waals surface area contributed by atoms with E-state index in [1.54, 1.807) is 11.8 Å². The number of hydrogen-bond donors (Lipinski definition) is 2. The van der Waals surface area contributed by atoms with Crippen LogP contribution in [0.25, 0.3) is 0 Å². The molecule has 0 aromatic carbocycles. The van der Waals surface area contributed by atoms with Crippen molar-refractivity contribution < 1.29 is 9.53 Å². The number of guanidine groups is 1. The number of halogens is 1. The van der Waals surface area contributed by atoms with Gasteiger partial charge < -0.3 is 20.7 Å². The van der Waals surface area contributed by atoms with Gasteiger partial charge in [0.05, 0.1) is 6.61 Å². The van der Waals surface area contributed by atoms with Crippen molar-refractivity contribution in [3.8, 4) is 12.3 Å². The standard InChI is InChI=1S/C12H20N4O2.HI/c1-3-7-14-11(13)15-10-5-8-16(9-6-10)12(17)18-4-2;/h1,10H,4-9H2,2H3,(H3,13,14,15);1H. The number of aliphatic imine (C=N–C) groups is 1. The zero-order valence-corrected chi connectivity index (χ0v) is 13.4. The Labute approximate surface area is 131 Å². The number of piperidine rings is 1. The summed E-state index contributed by atoms with van der Waals surface area (Å²) in [6.45, 7) is 3.82. The van der Waals surface area contributed by atoms with Crippen LogP contribution >= 0.6 is 24.0 Å². The van der Waals surface area contributed by atoms with Gasteiger partial charge in [0.25, 0.3) is 0 Å². The Morgan fingerprint density at radius 3 is 2.74 bits per heavy atom. The lowest BCUT2D eigenvalue weighted by atomic mass is 10.1. The Morgan fingerprint density at radius 2 is 2.21 bits per heavy atom. The lowest BCUT2D eigenvalue weighted by Crippen LogP contribution is -2.48. The van der Waals surface area contributed by atoms with E-state index in [0.29, 0.717) is 25.7 Å². The first kappa shape index (κ1) is 17.8. The van der Waals surface area contributed by atoms with Crippen LogP contribution in [-0.2, 0) is 4.74 Å². The van der Waals surface area contributed by atoms with Gasteiger partial charge in [-0.1, -0.05) is 5.92 Å². The van der Waals surface area contributed by atoms with Gasteiger partial charge in [-0.05, 0) is 19.8 Å². The molecule has 0 radical (unpaired) electrons. The number of rotatable bonds is 3. The van der Waals surface area contributed by atoms with E-state index in [1.807, 2.05) is 0 Å². The molecule has 1 rings (SSSR count). The van der Waals surface area contributed by atoms with E-state index < -0.39 is 0 Å². The fraction of sp³-hybridized carbons (Fsp3) is 0.667. The average molecular weight is 380 g/mol. The third-order valence-corrected chi connectivity index (χ3v) is 2.71. The molecule has 1 fully saturated rings. The normalized spacial score (nSPS) is 16.2. The second-order valence-electron chi connectivity index (χ2n) is 4.01. The fourth-order valence-electron chi connectivity index (χ4n) is 1.81. The second-order valence-corrected chi connectivity index (χ2v) is 4.01. The highest BCUT2D eigenvalue weighted by Crippen LogP contribution is 2.11. The van der Waals surface area contributed by atoms with Crippen LogP contribution in [0, 0.1) is 12.3 Å². The van der Waals surface area contributed by atoms with Crippen molar-refractivity contribution in [1.82, 2.24) is 10.2 Å². The van der Waals surface area contributed by atoms with Gasteiger partial charge in [-0.25, -0.2) is 9.79 Å². The number of hydrogen-bond acceptors (Lipinski definition) is 3. The number of carbonyl (C=O) groups is 1. The maximum atomic E-state index is 11.5. The van der Waals surface area contributed by atoms with Gasteiger partial charge in [0, 0.05) is 19.1 Å². The molecule has 0 saturated carbocycles. The van der Waals surface area contributed by atoms with Crippen LogP contribution < -0.4 is 11.1 Å². The van der Waals surface area contributed by atoms with E-state index in [9.17, 15) is 4.79 Å². The molecular weight excluding hydrogens is 359 g/mol. The van der Waals surface area contributed by atoms with E-state index in [2.05, 4.69) is 16.2 Å². The summed E-state index contributed by atoms with van der Waals surface area (Å²) >= 11 is 0. The van der Waals surface area contributed by atoms with Crippen molar-refractivity contribution in [3.05, 3.63) is 0 Å². The maximum absolute atomic E-state index is 11.5. The number of nitrogens with two attached hydrogens (primary N) is 1. The zero-order valence-electron chi connectivity index (χ0n) is 11.1. The van der Waals surface area contributed by atoms with Crippen molar-refractivity contribution in [3.63, 3.8) is 0 Å². The molecule has 1 aliphatic heterocycles. The quantitative estimate of drug-likeness (QED) is 0.328. The molecule has 7 heteroatoms. The summed E-state index contributed by atoms with van der Waals surface area (Å²) in [6.07, 6.45) is 6.50. The molecule has 0 aliphatic carbocycles. The summed E-state index contributed by atoms with van der Waals surface area (Å²) in [4.78, 5) is 17.1. The predicted molar refractivity (Wildman–Crippen MR) is 85.5 cm³/mol. The number of nitrogens with zero attached hydrogens (tertiary/aromatic N) is 2. The van der Waals surface area contributed by atoms with Crippen LogP contribution in [0.15, 0.2) is 4.99 Å². The van der Waals surface area contributed by atoms with E-state index in [0.717, 1.165) is 12.8 Å². The van der Waals surface area contributed by atoms with Gasteiger partial charge in [-0.15, -0.1) is 30.4 Å². The van der Waals surface area contributed by atoms with E-state index in [1.165, 1.54) is 0 Å². The Hall–Kier alpha value is -1.17. The molecule has 1 heterocycles. The van der Waals surface area contributed by atoms with Crippen LogP contribution in [0.5, 0.6) is 0 Å². The Morgan fingerprint density at radius 1 is 1.58 bits per heavy atom. The van der Waals surface area contributed by atoms with Crippen molar-refractivity contribution in [2.24, 2.45) is 10.7 Å². The van der Waals surface area contributed by atoms with Gasteiger partial charge in [0.1, 0.15) is 6.54 Å². The number of likely N-dealkylation sites (tertiary alicyclic amines) is 1. The molecule has 0 atom stereocenters. The Bertz CT molecular complexity index is 346. The molecule has 0 spiro atoms. The van der Waals surface area contributed by atoms with Crippen LogP contribution in [0.2, 0.25) is 0 Å². The van der Waals surface area contributed by atoms with Gasteiger partial charge in [-0.2, -0.15) is 0 Å². The number of amides is 1. The van der Waals surface area contributed by atoms with Gasteiger partial charge in [-0.3, -0.25) is 0 Å². The Kier molecular flexibility index (Phi) is 9.12. The molecule has 1 amide bonds. The molecule has 1 aliphatic rings. The molecule has 3 N–H and O–H groups in total.